The normalized spacial score (nSPS) is 17.3. The number of rotatable bonds is 13. The van der Waals surface area contributed by atoms with Crippen molar-refractivity contribution < 1.29 is 9.59 Å². The molecular weight excluding hydrogens is 322 g/mol. The van der Waals surface area contributed by atoms with E-state index in [9.17, 15) is 9.59 Å². The van der Waals surface area contributed by atoms with Crippen molar-refractivity contribution in [3.63, 3.8) is 0 Å². The zero-order valence-electron chi connectivity index (χ0n) is 16.4. The van der Waals surface area contributed by atoms with Crippen LogP contribution in [0.2, 0.25) is 0 Å². The first-order valence-electron chi connectivity index (χ1n) is 10.6. The number of hydrogen-bond donors (Lipinski definition) is 0. The van der Waals surface area contributed by atoms with Crippen LogP contribution in [0.15, 0.2) is 30.3 Å². The highest BCUT2D eigenvalue weighted by Crippen LogP contribution is 2.24. The van der Waals surface area contributed by atoms with Crippen LogP contribution in [0.5, 0.6) is 0 Å². The Morgan fingerprint density at radius 3 is 2.04 bits per heavy atom. The quantitative estimate of drug-likeness (QED) is 0.344. The fraction of sp³-hybridized carbons (Fsp3) is 0.652. The summed E-state index contributed by atoms with van der Waals surface area (Å²) >= 11 is 0. The zero-order chi connectivity index (χ0) is 18.6. The molecule has 1 aliphatic rings. The first-order chi connectivity index (χ1) is 12.7. The number of benzene rings is 1. The van der Waals surface area contributed by atoms with Crippen molar-refractivity contribution in [2.24, 2.45) is 5.92 Å². The minimum Gasteiger partial charge on any atom is -0.282 e. The van der Waals surface area contributed by atoms with Gasteiger partial charge in [-0.1, -0.05) is 95.0 Å². The van der Waals surface area contributed by atoms with E-state index in [2.05, 4.69) is 6.92 Å². The van der Waals surface area contributed by atoms with E-state index in [4.69, 9.17) is 0 Å². The van der Waals surface area contributed by atoms with E-state index >= 15 is 0 Å². The number of nitrogens with zero attached hydrogens (tertiary/aromatic N) is 1. The first kappa shape index (κ1) is 20.7. The number of amides is 2. The second-order valence-electron chi connectivity index (χ2n) is 7.66. The fourth-order valence-corrected chi connectivity index (χ4v) is 3.80. The lowest BCUT2D eigenvalue weighted by Gasteiger charge is -2.15. The molecule has 0 aliphatic carbocycles. The Balaban J connectivity index is 1.58. The van der Waals surface area contributed by atoms with E-state index in [1.54, 1.807) is 0 Å². The molecule has 1 unspecified atom stereocenters. The molecular formula is C23H35NO2. The van der Waals surface area contributed by atoms with Crippen LogP contribution in [0.25, 0.3) is 0 Å². The molecule has 2 rings (SSSR count). The van der Waals surface area contributed by atoms with Crippen molar-refractivity contribution in [1.82, 2.24) is 4.90 Å². The Morgan fingerprint density at radius 1 is 0.846 bits per heavy atom. The average Bonchev–Trinajstić information content (AvgIpc) is 2.91. The van der Waals surface area contributed by atoms with E-state index in [0.717, 1.165) is 18.4 Å². The third kappa shape index (κ3) is 6.93. The van der Waals surface area contributed by atoms with Gasteiger partial charge in [-0.05, 0) is 18.4 Å². The smallest absolute Gasteiger partial charge is 0.233 e. The van der Waals surface area contributed by atoms with Gasteiger partial charge in [0.15, 0.2) is 0 Å². The first-order valence-corrected chi connectivity index (χ1v) is 10.6. The monoisotopic (exact) mass is 357 g/mol. The molecule has 1 aliphatic heterocycles. The second-order valence-corrected chi connectivity index (χ2v) is 7.66. The molecule has 0 radical (unpaired) electrons. The molecule has 1 aromatic rings. The molecule has 144 valence electrons. The number of hydrogen-bond acceptors (Lipinski definition) is 2. The summed E-state index contributed by atoms with van der Waals surface area (Å²) in [6, 6.07) is 10.0. The van der Waals surface area contributed by atoms with Crippen LogP contribution in [0.1, 0.15) is 83.1 Å². The van der Waals surface area contributed by atoms with E-state index in [-0.39, 0.29) is 17.7 Å². The molecule has 1 heterocycles. The molecule has 2 amide bonds. The van der Waals surface area contributed by atoms with E-state index < -0.39 is 0 Å². The van der Waals surface area contributed by atoms with Gasteiger partial charge in [-0.25, -0.2) is 0 Å². The Kier molecular flexibility index (Phi) is 9.44. The van der Waals surface area contributed by atoms with Gasteiger partial charge in [0.2, 0.25) is 11.8 Å². The molecule has 0 aromatic heterocycles. The van der Waals surface area contributed by atoms with Crippen LogP contribution < -0.4 is 0 Å². The van der Waals surface area contributed by atoms with Crippen molar-refractivity contribution >= 4 is 11.8 Å². The van der Waals surface area contributed by atoms with Crippen LogP contribution in [0, 0.1) is 5.92 Å². The average molecular weight is 358 g/mol. The Bertz CT molecular complexity index is 540. The molecule has 0 saturated carbocycles. The van der Waals surface area contributed by atoms with Gasteiger partial charge in [0.1, 0.15) is 0 Å². The summed E-state index contributed by atoms with van der Waals surface area (Å²) in [6.07, 6.45) is 13.7. The van der Waals surface area contributed by atoms with Gasteiger partial charge in [-0.2, -0.15) is 0 Å². The van der Waals surface area contributed by atoms with Crippen molar-refractivity contribution in [3.8, 4) is 0 Å². The largest absolute Gasteiger partial charge is 0.282 e. The molecule has 0 spiro atoms. The lowest BCUT2D eigenvalue weighted by atomic mass is 9.98. The summed E-state index contributed by atoms with van der Waals surface area (Å²) in [6.45, 7) is 2.86. The Morgan fingerprint density at radius 2 is 1.42 bits per heavy atom. The van der Waals surface area contributed by atoms with Crippen molar-refractivity contribution in [2.45, 2.75) is 84.0 Å². The van der Waals surface area contributed by atoms with Crippen LogP contribution in [0.4, 0.5) is 0 Å². The predicted molar refractivity (Wildman–Crippen MR) is 107 cm³/mol. The predicted octanol–water partition coefficient (Wildman–Crippen LogP) is 5.53. The Labute approximate surface area is 159 Å². The number of carbonyl (C=O) groups is 2. The standard InChI is InChI=1S/C23H35NO2/c1-2-3-4-5-6-7-8-9-10-14-17-24-22(25)19-21(23(24)26)18-20-15-12-11-13-16-20/h11-13,15-16,21H,2-10,14,17-19H2,1H3. The van der Waals surface area contributed by atoms with Crippen molar-refractivity contribution in [3.05, 3.63) is 35.9 Å². The van der Waals surface area contributed by atoms with Gasteiger partial charge in [-0.3, -0.25) is 14.5 Å². The van der Waals surface area contributed by atoms with Gasteiger partial charge in [0.25, 0.3) is 0 Å². The zero-order valence-corrected chi connectivity index (χ0v) is 16.4. The van der Waals surface area contributed by atoms with Gasteiger partial charge >= 0.3 is 0 Å². The highest BCUT2D eigenvalue weighted by Gasteiger charge is 2.37. The molecule has 1 fully saturated rings. The number of carbonyl (C=O) groups excluding carboxylic acids is 2. The van der Waals surface area contributed by atoms with Crippen LogP contribution in [-0.2, 0) is 16.0 Å². The van der Waals surface area contributed by atoms with E-state index in [1.165, 1.54) is 56.3 Å². The Hall–Kier alpha value is -1.64. The second kappa shape index (κ2) is 11.9. The maximum atomic E-state index is 12.5. The number of unbranched alkanes of at least 4 members (excludes halogenated alkanes) is 9. The van der Waals surface area contributed by atoms with Gasteiger partial charge < -0.3 is 0 Å². The third-order valence-corrected chi connectivity index (χ3v) is 5.40. The lowest BCUT2D eigenvalue weighted by Crippen LogP contribution is -2.32. The molecule has 0 bridgehead atoms. The maximum absolute atomic E-state index is 12.5. The van der Waals surface area contributed by atoms with Crippen LogP contribution in [0.3, 0.4) is 0 Å². The van der Waals surface area contributed by atoms with E-state index in [1.807, 2.05) is 30.3 Å². The van der Waals surface area contributed by atoms with Gasteiger partial charge in [0.05, 0.1) is 5.92 Å². The summed E-state index contributed by atoms with van der Waals surface area (Å²) < 4.78 is 0. The minimum atomic E-state index is -0.159. The fourth-order valence-electron chi connectivity index (χ4n) is 3.80. The SMILES string of the molecule is CCCCCCCCCCCCN1C(=O)CC(Cc2ccccc2)C1=O. The van der Waals surface area contributed by atoms with Crippen molar-refractivity contribution in [1.29, 1.82) is 0 Å². The maximum Gasteiger partial charge on any atom is 0.233 e. The highest BCUT2D eigenvalue weighted by molar-refractivity contribution is 6.03. The van der Waals surface area contributed by atoms with E-state index in [0.29, 0.717) is 19.4 Å². The van der Waals surface area contributed by atoms with Crippen molar-refractivity contribution in [2.75, 3.05) is 6.54 Å². The molecule has 1 aromatic carbocycles. The number of likely N-dealkylation sites (tertiary alicyclic amines) is 1. The minimum absolute atomic E-state index is 0.0202. The van der Waals surface area contributed by atoms with Crippen LogP contribution >= 0.6 is 0 Å². The molecule has 26 heavy (non-hydrogen) atoms. The topological polar surface area (TPSA) is 37.4 Å². The molecule has 0 N–H and O–H groups in total. The molecule has 3 heteroatoms. The molecule has 1 atom stereocenters. The summed E-state index contributed by atoms with van der Waals surface area (Å²) in [5.74, 6) is -0.102. The highest BCUT2D eigenvalue weighted by atomic mass is 16.2. The van der Waals surface area contributed by atoms with Crippen LogP contribution in [-0.4, -0.2) is 23.3 Å². The van der Waals surface area contributed by atoms with Gasteiger partial charge in [-0.15, -0.1) is 0 Å². The molecule has 1 saturated heterocycles. The molecule has 3 nitrogen and oxygen atoms in total. The third-order valence-electron chi connectivity index (χ3n) is 5.40. The summed E-state index contributed by atoms with van der Waals surface area (Å²) in [5.41, 5.74) is 1.14. The summed E-state index contributed by atoms with van der Waals surface area (Å²) in [7, 11) is 0. The van der Waals surface area contributed by atoms with Gasteiger partial charge in [0, 0.05) is 13.0 Å². The number of imide groups is 1. The lowest BCUT2D eigenvalue weighted by molar-refractivity contribution is -0.139. The summed E-state index contributed by atoms with van der Waals surface area (Å²) in [5, 5.41) is 0. The summed E-state index contributed by atoms with van der Waals surface area (Å²) in [4.78, 5) is 26.2.